The van der Waals surface area contributed by atoms with Crippen molar-refractivity contribution < 1.29 is 5.21 Å². The largest absolute Gasteiger partial charge is 0.409 e. The van der Waals surface area contributed by atoms with E-state index in [1.807, 2.05) is 13.0 Å². The number of nitrogens with two attached hydrogens (primary N) is 1. The van der Waals surface area contributed by atoms with E-state index in [-0.39, 0.29) is 5.84 Å². The molecule has 1 saturated carbocycles. The van der Waals surface area contributed by atoms with Gasteiger partial charge in [-0.3, -0.25) is 0 Å². The molecule has 5 heteroatoms. The van der Waals surface area contributed by atoms with Gasteiger partial charge in [0.1, 0.15) is 5.82 Å². The van der Waals surface area contributed by atoms with Crippen LogP contribution in [0.4, 0.5) is 5.82 Å². The second kappa shape index (κ2) is 5.25. The van der Waals surface area contributed by atoms with Crippen molar-refractivity contribution in [3.8, 4) is 0 Å². The van der Waals surface area contributed by atoms with Crippen LogP contribution in [0.15, 0.2) is 17.4 Å². The zero-order chi connectivity index (χ0) is 13.1. The summed E-state index contributed by atoms with van der Waals surface area (Å²) in [6.45, 7) is 5.05. The molecular formula is C13H20N4O. The van der Waals surface area contributed by atoms with Gasteiger partial charge >= 0.3 is 0 Å². The van der Waals surface area contributed by atoms with Crippen LogP contribution < -0.4 is 10.6 Å². The Bertz CT molecular complexity index is 454. The van der Waals surface area contributed by atoms with Crippen LogP contribution in [-0.4, -0.2) is 28.6 Å². The van der Waals surface area contributed by atoms with Gasteiger partial charge in [0, 0.05) is 18.8 Å². The zero-order valence-corrected chi connectivity index (χ0v) is 10.9. The third-order valence-corrected chi connectivity index (χ3v) is 3.23. The summed E-state index contributed by atoms with van der Waals surface area (Å²) < 4.78 is 0. The van der Waals surface area contributed by atoms with Gasteiger partial charge in [-0.15, -0.1) is 0 Å². The second-order valence-corrected chi connectivity index (χ2v) is 4.74. The molecule has 1 fully saturated rings. The van der Waals surface area contributed by atoms with Gasteiger partial charge in [-0.1, -0.05) is 12.1 Å². The summed E-state index contributed by atoms with van der Waals surface area (Å²) in [7, 11) is 0. The number of oxime groups is 1. The first-order valence-corrected chi connectivity index (χ1v) is 6.39. The maximum Gasteiger partial charge on any atom is 0.174 e. The van der Waals surface area contributed by atoms with Crippen LogP contribution in [-0.2, 0) is 0 Å². The molecule has 0 aliphatic heterocycles. The Kier molecular flexibility index (Phi) is 3.69. The lowest BCUT2D eigenvalue weighted by molar-refractivity contribution is 0.318. The average molecular weight is 248 g/mol. The highest BCUT2D eigenvalue weighted by Crippen LogP contribution is 2.33. The molecule has 0 unspecified atom stereocenters. The molecule has 0 aromatic carbocycles. The highest BCUT2D eigenvalue weighted by atomic mass is 16.4. The Hall–Kier alpha value is -1.78. The number of amidine groups is 1. The van der Waals surface area contributed by atoms with Crippen molar-refractivity contribution >= 4 is 11.7 Å². The molecule has 5 nitrogen and oxygen atoms in total. The Morgan fingerprint density at radius 1 is 1.61 bits per heavy atom. The fraction of sp³-hybridized carbons (Fsp3) is 0.538. The summed E-state index contributed by atoms with van der Waals surface area (Å²) in [6, 6.07) is 2.44. The molecule has 1 aromatic heterocycles. The number of pyridine rings is 1. The van der Waals surface area contributed by atoms with E-state index in [1.165, 1.54) is 12.8 Å². The van der Waals surface area contributed by atoms with Crippen molar-refractivity contribution in [3.05, 3.63) is 23.4 Å². The van der Waals surface area contributed by atoms with Gasteiger partial charge in [-0.05, 0) is 37.8 Å². The predicted octanol–water partition coefficient (Wildman–Crippen LogP) is 1.86. The molecule has 0 bridgehead atoms. The Labute approximate surface area is 107 Å². The first kappa shape index (κ1) is 12.7. The zero-order valence-electron chi connectivity index (χ0n) is 10.9. The molecule has 1 aromatic rings. The normalized spacial score (nSPS) is 15.8. The monoisotopic (exact) mass is 248 g/mol. The second-order valence-electron chi connectivity index (χ2n) is 4.74. The summed E-state index contributed by atoms with van der Waals surface area (Å²) >= 11 is 0. The molecule has 0 saturated heterocycles. The number of hydrogen-bond donors (Lipinski definition) is 2. The van der Waals surface area contributed by atoms with E-state index in [0.717, 1.165) is 29.9 Å². The molecular weight excluding hydrogens is 228 g/mol. The Balaban J connectivity index is 2.44. The van der Waals surface area contributed by atoms with Crippen LogP contribution in [0.1, 0.15) is 37.3 Å². The van der Waals surface area contributed by atoms with Gasteiger partial charge in [-0.2, -0.15) is 0 Å². The van der Waals surface area contributed by atoms with Crippen LogP contribution in [0.5, 0.6) is 0 Å². The van der Waals surface area contributed by atoms with E-state index in [4.69, 9.17) is 10.9 Å². The van der Waals surface area contributed by atoms with Crippen LogP contribution in [0, 0.1) is 6.92 Å². The summed E-state index contributed by atoms with van der Waals surface area (Å²) in [5, 5.41) is 12.0. The Morgan fingerprint density at radius 3 is 2.89 bits per heavy atom. The topological polar surface area (TPSA) is 74.7 Å². The summed E-state index contributed by atoms with van der Waals surface area (Å²) in [4.78, 5) is 6.72. The van der Waals surface area contributed by atoms with Gasteiger partial charge in [0.25, 0.3) is 0 Å². The van der Waals surface area contributed by atoms with E-state index in [2.05, 4.69) is 22.0 Å². The van der Waals surface area contributed by atoms with Crippen molar-refractivity contribution in [1.82, 2.24) is 4.98 Å². The number of anilines is 1. The van der Waals surface area contributed by atoms with Crippen LogP contribution >= 0.6 is 0 Å². The predicted molar refractivity (Wildman–Crippen MR) is 72.1 cm³/mol. The third-order valence-electron chi connectivity index (χ3n) is 3.23. The Morgan fingerprint density at radius 2 is 2.33 bits per heavy atom. The minimum Gasteiger partial charge on any atom is -0.409 e. The van der Waals surface area contributed by atoms with Crippen molar-refractivity contribution in [3.63, 3.8) is 0 Å². The lowest BCUT2D eigenvalue weighted by Gasteiger charge is -2.25. The number of aryl methyl sites for hydroxylation is 1. The molecule has 1 heterocycles. The average Bonchev–Trinajstić information content (AvgIpc) is 3.19. The summed E-state index contributed by atoms with van der Waals surface area (Å²) in [5.41, 5.74) is 7.52. The van der Waals surface area contributed by atoms with Crippen molar-refractivity contribution in [2.45, 2.75) is 39.2 Å². The van der Waals surface area contributed by atoms with Gasteiger partial charge in [0.2, 0.25) is 0 Å². The molecule has 1 aliphatic carbocycles. The first-order valence-electron chi connectivity index (χ1n) is 6.39. The summed E-state index contributed by atoms with van der Waals surface area (Å²) in [5.74, 6) is 0.979. The fourth-order valence-electron chi connectivity index (χ4n) is 2.22. The minimum atomic E-state index is 0.136. The standard InChI is InChI=1S/C13H20N4O/c1-3-8-17(10-4-5-10)13-11(12(14)16-18)9(2)6-7-15-13/h6-7,10,18H,3-5,8H2,1-2H3,(H2,14,16). The van der Waals surface area contributed by atoms with Crippen molar-refractivity contribution in [2.75, 3.05) is 11.4 Å². The van der Waals surface area contributed by atoms with Crippen LogP contribution in [0.3, 0.4) is 0 Å². The van der Waals surface area contributed by atoms with E-state index < -0.39 is 0 Å². The molecule has 98 valence electrons. The van der Waals surface area contributed by atoms with Crippen molar-refractivity contribution in [1.29, 1.82) is 0 Å². The molecule has 2 rings (SSSR count). The lowest BCUT2D eigenvalue weighted by Crippen LogP contribution is -2.31. The molecule has 0 amide bonds. The minimum absolute atomic E-state index is 0.136. The van der Waals surface area contributed by atoms with E-state index >= 15 is 0 Å². The molecule has 3 N–H and O–H groups in total. The number of nitrogens with zero attached hydrogens (tertiary/aromatic N) is 3. The van der Waals surface area contributed by atoms with Crippen LogP contribution in [0.2, 0.25) is 0 Å². The van der Waals surface area contributed by atoms with Gasteiger partial charge in [-0.25, -0.2) is 4.98 Å². The van der Waals surface area contributed by atoms with Gasteiger partial charge in [0.15, 0.2) is 5.84 Å². The number of rotatable bonds is 5. The maximum atomic E-state index is 8.92. The number of hydrogen-bond acceptors (Lipinski definition) is 4. The molecule has 1 aliphatic rings. The quantitative estimate of drug-likeness (QED) is 0.361. The van der Waals surface area contributed by atoms with E-state index in [1.54, 1.807) is 6.20 Å². The van der Waals surface area contributed by atoms with Gasteiger partial charge in [0.05, 0.1) is 5.56 Å². The van der Waals surface area contributed by atoms with Crippen molar-refractivity contribution in [2.24, 2.45) is 10.9 Å². The molecule has 0 spiro atoms. The highest BCUT2D eigenvalue weighted by molar-refractivity contribution is 6.02. The number of aromatic nitrogens is 1. The SMILES string of the molecule is CCCN(c1nccc(C)c1/C(N)=N/O)C1CC1. The highest BCUT2D eigenvalue weighted by Gasteiger charge is 2.31. The van der Waals surface area contributed by atoms with Crippen LogP contribution in [0.25, 0.3) is 0 Å². The van der Waals surface area contributed by atoms with Gasteiger partial charge < -0.3 is 15.8 Å². The maximum absolute atomic E-state index is 8.92. The van der Waals surface area contributed by atoms with E-state index in [9.17, 15) is 0 Å². The third kappa shape index (κ3) is 2.39. The lowest BCUT2D eigenvalue weighted by atomic mass is 10.1. The fourth-order valence-corrected chi connectivity index (χ4v) is 2.22. The molecule has 0 radical (unpaired) electrons. The smallest absolute Gasteiger partial charge is 0.174 e. The summed E-state index contributed by atoms with van der Waals surface area (Å²) in [6.07, 6.45) is 5.24. The first-order chi connectivity index (χ1) is 8.69. The molecule has 18 heavy (non-hydrogen) atoms. The molecule has 0 atom stereocenters. The van der Waals surface area contributed by atoms with E-state index in [0.29, 0.717) is 6.04 Å².